The van der Waals surface area contributed by atoms with Crippen LogP contribution in [-0.2, 0) is 5.06 Å². The van der Waals surface area contributed by atoms with E-state index >= 15 is 0 Å². The van der Waals surface area contributed by atoms with Gasteiger partial charge in [-0.3, -0.25) is 0 Å². The lowest BCUT2D eigenvalue weighted by atomic mass is 9.74. The van der Waals surface area contributed by atoms with Crippen LogP contribution in [0.4, 0.5) is 0 Å². The monoisotopic (exact) mass is 210 g/mol. The van der Waals surface area contributed by atoms with Crippen LogP contribution in [0.15, 0.2) is 60.7 Å². The van der Waals surface area contributed by atoms with Crippen LogP contribution < -0.4 is 0 Å². The number of hydrogen-bond donors (Lipinski definition) is 0. The van der Waals surface area contributed by atoms with Gasteiger partial charge in [-0.15, -0.1) is 9.24 Å². The van der Waals surface area contributed by atoms with Gasteiger partial charge in [0.05, 0.1) is 7.85 Å². The highest BCUT2D eigenvalue weighted by Gasteiger charge is 2.21. The minimum atomic E-state index is -0.497. The van der Waals surface area contributed by atoms with Crippen LogP contribution >= 0.6 is 9.24 Å². The van der Waals surface area contributed by atoms with Gasteiger partial charge >= 0.3 is 0 Å². The second kappa shape index (κ2) is 4.20. The van der Waals surface area contributed by atoms with E-state index in [2.05, 4.69) is 9.24 Å². The summed E-state index contributed by atoms with van der Waals surface area (Å²) in [4.78, 5) is 0. The molecule has 2 heteroatoms. The summed E-state index contributed by atoms with van der Waals surface area (Å²) in [6.45, 7) is 0. The summed E-state index contributed by atoms with van der Waals surface area (Å²) in [5, 5.41) is -0.497. The zero-order chi connectivity index (χ0) is 10.7. The Morgan fingerprint density at radius 1 is 0.733 bits per heavy atom. The highest BCUT2D eigenvalue weighted by atomic mass is 31.0. The standard InChI is InChI=1S/C13H12BP/c14-13(15,11-7-3-1-4-8-11)12-9-5-2-6-10-12/h1-10H,15H2. The molecule has 0 saturated heterocycles. The predicted octanol–water partition coefficient (Wildman–Crippen LogP) is 2.93. The van der Waals surface area contributed by atoms with Crippen molar-refractivity contribution in [3.05, 3.63) is 71.8 Å². The minimum absolute atomic E-state index is 0.497. The molecule has 15 heavy (non-hydrogen) atoms. The summed E-state index contributed by atoms with van der Waals surface area (Å²) in [6, 6.07) is 20.2. The fourth-order valence-electron chi connectivity index (χ4n) is 1.59. The summed E-state index contributed by atoms with van der Waals surface area (Å²) in [5.74, 6) is 0. The van der Waals surface area contributed by atoms with E-state index in [1.807, 2.05) is 60.7 Å². The second-order valence-corrected chi connectivity index (χ2v) is 4.51. The van der Waals surface area contributed by atoms with Crippen LogP contribution in [0.1, 0.15) is 11.1 Å². The SMILES string of the molecule is [B]C(P)(c1ccccc1)c1ccccc1. The summed E-state index contributed by atoms with van der Waals surface area (Å²) in [5.41, 5.74) is 2.20. The van der Waals surface area contributed by atoms with Gasteiger partial charge in [-0.25, -0.2) is 0 Å². The second-order valence-electron chi connectivity index (χ2n) is 3.60. The Bertz CT molecular complexity index is 381. The van der Waals surface area contributed by atoms with Crippen molar-refractivity contribution < 1.29 is 0 Å². The topological polar surface area (TPSA) is 0 Å². The summed E-state index contributed by atoms with van der Waals surface area (Å²) >= 11 is 0. The highest BCUT2D eigenvalue weighted by Crippen LogP contribution is 2.34. The van der Waals surface area contributed by atoms with Crippen molar-refractivity contribution in [1.82, 2.24) is 0 Å². The first-order valence-corrected chi connectivity index (χ1v) is 5.48. The molecule has 2 radical (unpaired) electrons. The van der Waals surface area contributed by atoms with E-state index in [1.165, 1.54) is 0 Å². The molecule has 0 N–H and O–H groups in total. The van der Waals surface area contributed by atoms with E-state index < -0.39 is 5.06 Å². The molecular weight excluding hydrogens is 198 g/mol. The van der Waals surface area contributed by atoms with Gasteiger partial charge in [-0.05, 0) is 16.2 Å². The Morgan fingerprint density at radius 2 is 1.07 bits per heavy atom. The molecule has 0 aliphatic carbocycles. The fourth-order valence-corrected chi connectivity index (χ4v) is 1.98. The average molecular weight is 210 g/mol. The molecule has 0 aliphatic rings. The molecule has 0 amide bonds. The van der Waals surface area contributed by atoms with E-state index in [-0.39, 0.29) is 0 Å². The van der Waals surface area contributed by atoms with E-state index in [0.29, 0.717) is 0 Å². The number of rotatable bonds is 2. The first-order chi connectivity index (χ1) is 7.21. The Kier molecular flexibility index (Phi) is 2.93. The molecule has 1 unspecified atom stereocenters. The van der Waals surface area contributed by atoms with Crippen molar-refractivity contribution in [3.63, 3.8) is 0 Å². The van der Waals surface area contributed by atoms with Gasteiger partial charge in [-0.1, -0.05) is 60.7 Å². The van der Waals surface area contributed by atoms with Gasteiger partial charge in [0.15, 0.2) is 0 Å². The van der Waals surface area contributed by atoms with Crippen molar-refractivity contribution >= 4 is 17.1 Å². The zero-order valence-electron chi connectivity index (χ0n) is 8.43. The summed E-state index contributed by atoms with van der Waals surface area (Å²) in [7, 11) is 9.04. The van der Waals surface area contributed by atoms with Crippen LogP contribution in [0.3, 0.4) is 0 Å². The van der Waals surface area contributed by atoms with Gasteiger partial charge < -0.3 is 0 Å². The molecule has 2 rings (SSSR count). The predicted molar refractivity (Wildman–Crippen MR) is 69.1 cm³/mol. The first-order valence-electron chi connectivity index (χ1n) is 4.90. The van der Waals surface area contributed by atoms with Gasteiger partial charge in [-0.2, -0.15) is 0 Å². The number of hydrogen-bond acceptors (Lipinski definition) is 0. The van der Waals surface area contributed by atoms with Crippen molar-refractivity contribution in [3.8, 4) is 0 Å². The molecule has 0 bridgehead atoms. The first kappa shape index (κ1) is 10.5. The summed E-state index contributed by atoms with van der Waals surface area (Å²) in [6.07, 6.45) is 0. The normalized spacial score (nSPS) is 11.3. The molecule has 0 spiro atoms. The molecule has 2 aromatic rings. The lowest BCUT2D eigenvalue weighted by molar-refractivity contribution is 1.06. The Labute approximate surface area is 94.3 Å². The quantitative estimate of drug-likeness (QED) is 0.528. The molecule has 0 aliphatic heterocycles. The molecular formula is C13H12BP. The van der Waals surface area contributed by atoms with Gasteiger partial charge in [0.2, 0.25) is 0 Å². The maximum absolute atomic E-state index is 6.32. The Morgan fingerprint density at radius 3 is 1.40 bits per heavy atom. The number of benzene rings is 2. The third-order valence-electron chi connectivity index (χ3n) is 2.50. The van der Waals surface area contributed by atoms with Gasteiger partial charge in [0.1, 0.15) is 0 Å². The maximum Gasteiger partial charge on any atom is 0.0932 e. The lowest BCUT2D eigenvalue weighted by Gasteiger charge is -2.26. The Balaban J connectivity index is 2.44. The molecule has 0 nitrogen and oxygen atoms in total. The molecule has 0 heterocycles. The molecule has 0 saturated carbocycles. The average Bonchev–Trinajstić information content (AvgIpc) is 2.31. The van der Waals surface area contributed by atoms with Crippen LogP contribution in [0, 0.1) is 0 Å². The van der Waals surface area contributed by atoms with Crippen molar-refractivity contribution in [2.45, 2.75) is 5.06 Å². The minimum Gasteiger partial charge on any atom is -0.131 e. The molecule has 0 fully saturated rings. The smallest absolute Gasteiger partial charge is 0.0932 e. The van der Waals surface area contributed by atoms with Gasteiger partial charge in [0, 0.05) is 0 Å². The van der Waals surface area contributed by atoms with E-state index in [4.69, 9.17) is 7.85 Å². The summed E-state index contributed by atoms with van der Waals surface area (Å²) < 4.78 is 0. The van der Waals surface area contributed by atoms with Crippen LogP contribution in [0.2, 0.25) is 0 Å². The van der Waals surface area contributed by atoms with E-state index in [1.54, 1.807) is 0 Å². The maximum atomic E-state index is 6.32. The van der Waals surface area contributed by atoms with Crippen molar-refractivity contribution in [1.29, 1.82) is 0 Å². The van der Waals surface area contributed by atoms with E-state index in [0.717, 1.165) is 11.1 Å². The molecule has 72 valence electrons. The van der Waals surface area contributed by atoms with Crippen LogP contribution in [0.25, 0.3) is 0 Å². The zero-order valence-corrected chi connectivity index (χ0v) is 9.58. The van der Waals surface area contributed by atoms with Crippen molar-refractivity contribution in [2.24, 2.45) is 0 Å². The van der Waals surface area contributed by atoms with Crippen LogP contribution in [-0.4, -0.2) is 7.85 Å². The lowest BCUT2D eigenvalue weighted by Crippen LogP contribution is -2.19. The largest absolute Gasteiger partial charge is 0.131 e. The Hall–Kier alpha value is -1.07. The molecule has 1 atom stereocenters. The van der Waals surface area contributed by atoms with Gasteiger partial charge in [0.25, 0.3) is 0 Å². The third kappa shape index (κ3) is 2.13. The third-order valence-corrected chi connectivity index (χ3v) is 3.17. The van der Waals surface area contributed by atoms with Crippen LogP contribution in [0.5, 0.6) is 0 Å². The molecule has 0 aromatic heterocycles. The highest BCUT2D eigenvalue weighted by molar-refractivity contribution is 7.22. The van der Waals surface area contributed by atoms with Crippen molar-refractivity contribution in [2.75, 3.05) is 0 Å². The molecule has 2 aromatic carbocycles. The van der Waals surface area contributed by atoms with E-state index in [9.17, 15) is 0 Å². The fraction of sp³-hybridized carbons (Fsp3) is 0.0769.